The average Bonchev–Trinajstić information content (AvgIpc) is 3.44. The first-order valence-electron chi connectivity index (χ1n) is 11.6. The van der Waals surface area contributed by atoms with Gasteiger partial charge in [-0.1, -0.05) is 19.4 Å². The number of rotatable bonds is 6. The third-order valence-electron chi connectivity index (χ3n) is 6.43. The third-order valence-corrected chi connectivity index (χ3v) is 8.50. The van der Waals surface area contributed by atoms with E-state index in [1.54, 1.807) is 11.3 Å². The SMILES string of the molecule is CCCCc1nc(N2CCN(C(=O)Cc3cccs3)CC2)c2c3c(sc2n1)CCCC3. The second-order valence-corrected chi connectivity index (χ2v) is 10.7. The molecule has 4 heterocycles. The number of aryl methyl sites for hydroxylation is 3. The summed E-state index contributed by atoms with van der Waals surface area (Å²) in [6.45, 7) is 5.45. The van der Waals surface area contributed by atoms with Crippen LogP contribution in [0.1, 0.15) is 53.7 Å². The van der Waals surface area contributed by atoms with Gasteiger partial charge < -0.3 is 9.80 Å². The molecule has 2 aliphatic rings. The number of carbonyl (C=O) groups excluding carboxylic acids is 1. The van der Waals surface area contributed by atoms with E-state index < -0.39 is 0 Å². The van der Waals surface area contributed by atoms with Gasteiger partial charge in [0.25, 0.3) is 0 Å². The summed E-state index contributed by atoms with van der Waals surface area (Å²) in [6.07, 6.45) is 8.64. The topological polar surface area (TPSA) is 49.3 Å². The Kier molecular flexibility index (Phi) is 6.23. The summed E-state index contributed by atoms with van der Waals surface area (Å²) in [5.41, 5.74) is 1.50. The van der Waals surface area contributed by atoms with Crippen LogP contribution < -0.4 is 4.90 Å². The zero-order valence-corrected chi connectivity index (χ0v) is 19.9. The molecule has 31 heavy (non-hydrogen) atoms. The Morgan fingerprint density at radius 2 is 1.97 bits per heavy atom. The zero-order chi connectivity index (χ0) is 21.2. The molecule has 0 spiro atoms. The number of thiophene rings is 2. The molecule has 7 heteroatoms. The van der Waals surface area contributed by atoms with Crippen LogP contribution in [0.3, 0.4) is 0 Å². The highest BCUT2D eigenvalue weighted by atomic mass is 32.1. The van der Waals surface area contributed by atoms with Gasteiger partial charge in [-0.2, -0.15) is 0 Å². The number of nitrogens with zero attached hydrogens (tertiary/aromatic N) is 4. The predicted molar refractivity (Wildman–Crippen MR) is 129 cm³/mol. The number of aromatic nitrogens is 2. The van der Waals surface area contributed by atoms with Crippen LogP contribution in [-0.4, -0.2) is 47.0 Å². The third kappa shape index (κ3) is 4.35. The van der Waals surface area contributed by atoms with Crippen LogP contribution in [0.25, 0.3) is 10.2 Å². The second kappa shape index (κ2) is 9.25. The number of amides is 1. The first-order chi connectivity index (χ1) is 15.2. The Balaban J connectivity index is 1.39. The molecule has 0 bridgehead atoms. The molecular formula is C24H30N4OS2. The molecule has 1 saturated heterocycles. The van der Waals surface area contributed by atoms with E-state index in [0.717, 1.165) is 68.4 Å². The maximum atomic E-state index is 12.7. The van der Waals surface area contributed by atoms with E-state index in [9.17, 15) is 4.79 Å². The molecule has 5 nitrogen and oxygen atoms in total. The molecule has 164 valence electrons. The zero-order valence-electron chi connectivity index (χ0n) is 18.2. The van der Waals surface area contributed by atoms with E-state index in [-0.39, 0.29) is 5.91 Å². The van der Waals surface area contributed by atoms with E-state index in [1.165, 1.54) is 39.9 Å². The molecule has 0 unspecified atom stereocenters. The molecule has 0 N–H and O–H groups in total. The summed E-state index contributed by atoms with van der Waals surface area (Å²) in [4.78, 5) is 31.1. The van der Waals surface area contributed by atoms with Crippen LogP contribution in [0.5, 0.6) is 0 Å². The highest BCUT2D eigenvalue weighted by molar-refractivity contribution is 7.19. The maximum Gasteiger partial charge on any atom is 0.227 e. The molecule has 0 radical (unpaired) electrons. The number of unbranched alkanes of at least 4 members (excludes halogenated alkanes) is 1. The minimum absolute atomic E-state index is 0.242. The van der Waals surface area contributed by atoms with E-state index >= 15 is 0 Å². The lowest BCUT2D eigenvalue weighted by atomic mass is 9.97. The molecule has 3 aromatic rings. The Labute approximate surface area is 192 Å². The van der Waals surface area contributed by atoms with Crippen LogP contribution in [-0.2, 0) is 30.5 Å². The Morgan fingerprint density at radius 1 is 1.13 bits per heavy atom. The molecule has 1 fully saturated rings. The van der Waals surface area contributed by atoms with Gasteiger partial charge in [-0.15, -0.1) is 22.7 Å². The van der Waals surface area contributed by atoms with Crippen molar-refractivity contribution < 1.29 is 4.79 Å². The number of hydrogen-bond acceptors (Lipinski definition) is 6. The summed E-state index contributed by atoms with van der Waals surface area (Å²) in [5.74, 6) is 2.35. The predicted octanol–water partition coefficient (Wildman–Crippen LogP) is 4.87. The van der Waals surface area contributed by atoms with Gasteiger partial charge in [-0.25, -0.2) is 9.97 Å². The molecule has 0 atom stereocenters. The monoisotopic (exact) mass is 454 g/mol. The van der Waals surface area contributed by atoms with Crippen LogP contribution in [0.2, 0.25) is 0 Å². The van der Waals surface area contributed by atoms with Crippen molar-refractivity contribution >= 4 is 44.6 Å². The second-order valence-electron chi connectivity index (χ2n) is 8.58. The molecular weight excluding hydrogens is 424 g/mol. The van der Waals surface area contributed by atoms with Crippen LogP contribution in [0, 0.1) is 0 Å². The lowest BCUT2D eigenvalue weighted by Gasteiger charge is -2.36. The highest BCUT2D eigenvalue weighted by Gasteiger charge is 2.27. The largest absolute Gasteiger partial charge is 0.352 e. The van der Waals surface area contributed by atoms with E-state index in [2.05, 4.69) is 11.8 Å². The lowest BCUT2D eigenvalue weighted by molar-refractivity contribution is -0.130. The number of hydrogen-bond donors (Lipinski definition) is 0. The fourth-order valence-corrected chi connectivity index (χ4v) is 6.67. The van der Waals surface area contributed by atoms with Crippen LogP contribution in [0.15, 0.2) is 17.5 Å². The van der Waals surface area contributed by atoms with Gasteiger partial charge in [0.15, 0.2) is 0 Å². The van der Waals surface area contributed by atoms with Crippen molar-refractivity contribution in [2.75, 3.05) is 31.1 Å². The van der Waals surface area contributed by atoms with E-state index in [0.29, 0.717) is 6.42 Å². The fourth-order valence-electron chi connectivity index (χ4n) is 4.70. The normalized spacial score (nSPS) is 16.7. The fraction of sp³-hybridized carbons (Fsp3) is 0.542. The van der Waals surface area contributed by atoms with Crippen molar-refractivity contribution in [1.82, 2.24) is 14.9 Å². The summed E-state index contributed by atoms with van der Waals surface area (Å²) >= 11 is 3.55. The summed E-state index contributed by atoms with van der Waals surface area (Å²) < 4.78 is 0. The van der Waals surface area contributed by atoms with Crippen molar-refractivity contribution in [3.8, 4) is 0 Å². The van der Waals surface area contributed by atoms with Crippen molar-refractivity contribution in [1.29, 1.82) is 0 Å². The molecule has 0 aromatic carbocycles. The molecule has 1 aliphatic heterocycles. The Hall–Kier alpha value is -1.99. The van der Waals surface area contributed by atoms with E-state index in [4.69, 9.17) is 9.97 Å². The Morgan fingerprint density at radius 3 is 2.74 bits per heavy atom. The summed E-state index contributed by atoms with van der Waals surface area (Å²) in [5, 5.41) is 3.34. The number of anilines is 1. The van der Waals surface area contributed by atoms with Gasteiger partial charge in [-0.05, 0) is 49.1 Å². The van der Waals surface area contributed by atoms with Crippen LogP contribution in [0.4, 0.5) is 5.82 Å². The summed E-state index contributed by atoms with van der Waals surface area (Å²) in [7, 11) is 0. The molecule has 1 amide bonds. The van der Waals surface area contributed by atoms with Gasteiger partial charge in [0.05, 0.1) is 11.8 Å². The minimum atomic E-state index is 0.242. The van der Waals surface area contributed by atoms with Crippen molar-refractivity contribution in [3.63, 3.8) is 0 Å². The van der Waals surface area contributed by atoms with Crippen molar-refractivity contribution in [2.45, 2.75) is 58.3 Å². The van der Waals surface area contributed by atoms with Gasteiger partial charge in [0.2, 0.25) is 5.91 Å². The molecule has 1 aliphatic carbocycles. The van der Waals surface area contributed by atoms with Gasteiger partial charge in [0, 0.05) is 42.4 Å². The van der Waals surface area contributed by atoms with Gasteiger partial charge in [-0.3, -0.25) is 4.79 Å². The van der Waals surface area contributed by atoms with Crippen LogP contribution >= 0.6 is 22.7 Å². The molecule has 5 rings (SSSR count). The smallest absolute Gasteiger partial charge is 0.227 e. The first kappa shape index (κ1) is 20.9. The van der Waals surface area contributed by atoms with E-state index in [1.807, 2.05) is 33.7 Å². The quantitative estimate of drug-likeness (QED) is 0.533. The lowest BCUT2D eigenvalue weighted by Crippen LogP contribution is -2.49. The minimum Gasteiger partial charge on any atom is -0.352 e. The van der Waals surface area contributed by atoms with Crippen molar-refractivity contribution in [2.24, 2.45) is 0 Å². The standard InChI is InChI=1S/C24H30N4OS2/c1-2-3-10-20-25-23(22-18-8-4-5-9-19(18)31-24(22)26-20)28-13-11-27(12-14-28)21(29)16-17-7-6-15-30-17/h6-7,15H,2-5,8-14,16H2,1H3. The maximum absolute atomic E-state index is 12.7. The molecule has 0 saturated carbocycles. The van der Waals surface area contributed by atoms with Crippen molar-refractivity contribution in [3.05, 3.63) is 38.7 Å². The van der Waals surface area contributed by atoms with Gasteiger partial charge >= 0.3 is 0 Å². The van der Waals surface area contributed by atoms with Gasteiger partial charge in [0.1, 0.15) is 16.5 Å². The average molecular weight is 455 g/mol. The first-order valence-corrected chi connectivity index (χ1v) is 13.3. The highest BCUT2D eigenvalue weighted by Crippen LogP contribution is 2.40. The molecule has 3 aromatic heterocycles. The Bertz CT molecular complexity index is 1050. The number of fused-ring (bicyclic) bond motifs is 3. The summed E-state index contributed by atoms with van der Waals surface area (Å²) in [6, 6.07) is 4.07. The number of piperazine rings is 1. The number of carbonyl (C=O) groups is 1.